The Hall–Kier alpha value is -3.41. The van der Waals surface area contributed by atoms with Gasteiger partial charge in [-0.25, -0.2) is 0 Å². The molecule has 0 radical (unpaired) electrons. The van der Waals surface area contributed by atoms with E-state index >= 15 is 0 Å². The molecule has 1 fully saturated rings. The highest BCUT2D eigenvalue weighted by Gasteiger charge is 2.63. The molecular formula is C19H12ClF8N5O2. The fourth-order valence-electron chi connectivity index (χ4n) is 2.99. The fraction of sp³-hybridized carbons (Fsp3) is 0.368. The molecule has 188 valence electrons. The van der Waals surface area contributed by atoms with Crippen LogP contribution in [0.15, 0.2) is 18.2 Å². The Balaban J connectivity index is 2.00. The maximum Gasteiger partial charge on any atom is 0.459 e. The van der Waals surface area contributed by atoms with E-state index in [-0.39, 0.29) is 16.3 Å². The van der Waals surface area contributed by atoms with E-state index in [1.807, 2.05) is 6.07 Å². The van der Waals surface area contributed by atoms with Gasteiger partial charge < -0.3 is 10.2 Å². The third-order valence-corrected chi connectivity index (χ3v) is 5.46. The third kappa shape index (κ3) is 4.75. The van der Waals surface area contributed by atoms with Crippen LogP contribution in [0.4, 0.5) is 40.8 Å². The van der Waals surface area contributed by atoms with Crippen LogP contribution in [-0.2, 0) is 12.1 Å². The van der Waals surface area contributed by atoms with Crippen LogP contribution in [0.2, 0.25) is 5.02 Å². The molecule has 1 aliphatic carbocycles. The lowest BCUT2D eigenvalue weighted by Crippen LogP contribution is -2.36. The molecule has 2 aromatic rings. The van der Waals surface area contributed by atoms with E-state index in [1.54, 1.807) is 0 Å². The van der Waals surface area contributed by atoms with E-state index in [0.717, 1.165) is 30.3 Å². The van der Waals surface area contributed by atoms with Crippen LogP contribution < -0.4 is 10.2 Å². The number of aromatic amines is 1. The predicted molar refractivity (Wildman–Crippen MR) is 103 cm³/mol. The number of halogens is 9. The van der Waals surface area contributed by atoms with Crippen molar-refractivity contribution < 1.29 is 44.7 Å². The highest BCUT2D eigenvalue weighted by molar-refractivity contribution is 6.34. The van der Waals surface area contributed by atoms with Gasteiger partial charge in [-0.05, 0) is 31.0 Å². The number of nitrogens with one attached hydrogen (secondary N) is 2. The topological polar surface area (TPSA) is 102 Å². The first-order valence-corrected chi connectivity index (χ1v) is 9.75. The second-order valence-electron chi connectivity index (χ2n) is 7.57. The Morgan fingerprint density at radius 3 is 2.26 bits per heavy atom. The number of alkyl halides is 8. The van der Waals surface area contributed by atoms with Gasteiger partial charge >= 0.3 is 18.3 Å². The molecule has 3 rings (SSSR count). The van der Waals surface area contributed by atoms with Crippen LogP contribution in [0.5, 0.6) is 0 Å². The summed E-state index contributed by atoms with van der Waals surface area (Å²) in [5, 5.41) is 15.1. The zero-order chi connectivity index (χ0) is 26.6. The predicted octanol–water partition coefficient (Wildman–Crippen LogP) is 4.80. The number of carbonyl (C=O) groups is 2. The summed E-state index contributed by atoms with van der Waals surface area (Å²) in [6.07, 6.45) is -11.5. The van der Waals surface area contributed by atoms with Gasteiger partial charge in [-0.1, -0.05) is 11.6 Å². The summed E-state index contributed by atoms with van der Waals surface area (Å²) in [4.78, 5) is 25.6. The van der Waals surface area contributed by atoms with Gasteiger partial charge in [0.2, 0.25) is 0 Å². The average molecular weight is 530 g/mol. The second kappa shape index (κ2) is 8.36. The molecule has 0 aliphatic heterocycles. The Kier molecular flexibility index (Phi) is 6.26. The summed E-state index contributed by atoms with van der Waals surface area (Å²) in [5.41, 5.74) is -8.62. The number of nitrogens with zero attached hydrogens (tertiary/aromatic N) is 3. The molecule has 16 heteroatoms. The van der Waals surface area contributed by atoms with E-state index in [1.165, 1.54) is 0 Å². The van der Waals surface area contributed by atoms with Crippen LogP contribution in [0.3, 0.4) is 0 Å². The van der Waals surface area contributed by atoms with E-state index in [2.05, 4.69) is 10.4 Å². The Morgan fingerprint density at radius 1 is 1.17 bits per heavy atom. The smallest absolute Gasteiger partial charge is 0.334 e. The summed E-state index contributed by atoms with van der Waals surface area (Å²) in [6, 6.07) is 5.04. The first-order chi connectivity index (χ1) is 15.9. The molecule has 7 nitrogen and oxygen atoms in total. The van der Waals surface area contributed by atoms with Gasteiger partial charge in [-0.15, -0.1) is 0 Å². The molecule has 0 atom stereocenters. The number of hydrogen-bond donors (Lipinski definition) is 2. The molecule has 35 heavy (non-hydrogen) atoms. The minimum absolute atomic E-state index is 0.149. The molecule has 2 amide bonds. The van der Waals surface area contributed by atoms with Crippen molar-refractivity contribution in [2.75, 3.05) is 11.9 Å². The summed E-state index contributed by atoms with van der Waals surface area (Å²) in [5.74, 6) is -8.53. The Bertz CT molecular complexity index is 1230. The van der Waals surface area contributed by atoms with Gasteiger partial charge in [0.05, 0.1) is 16.7 Å². The number of nitriles is 1. The summed E-state index contributed by atoms with van der Waals surface area (Å²) in [6.45, 7) is 0. The first kappa shape index (κ1) is 26.2. The van der Waals surface area contributed by atoms with Crippen LogP contribution in [0.1, 0.15) is 44.9 Å². The van der Waals surface area contributed by atoms with Gasteiger partial charge in [-0.2, -0.15) is 45.5 Å². The van der Waals surface area contributed by atoms with Crippen molar-refractivity contribution in [3.8, 4) is 6.07 Å². The largest absolute Gasteiger partial charge is 0.459 e. The van der Waals surface area contributed by atoms with E-state index in [0.29, 0.717) is 17.7 Å². The molecule has 0 bridgehead atoms. The van der Waals surface area contributed by atoms with Crippen molar-refractivity contribution in [3.63, 3.8) is 0 Å². The number of amides is 2. The zero-order valence-corrected chi connectivity index (χ0v) is 18.0. The van der Waals surface area contributed by atoms with E-state index in [4.69, 9.17) is 16.9 Å². The molecule has 1 aliphatic rings. The lowest BCUT2D eigenvalue weighted by Gasteiger charge is -2.21. The zero-order valence-electron chi connectivity index (χ0n) is 17.2. The van der Waals surface area contributed by atoms with Crippen LogP contribution in [-0.4, -0.2) is 40.8 Å². The maximum absolute atomic E-state index is 13.7. The van der Waals surface area contributed by atoms with Gasteiger partial charge in [0, 0.05) is 12.7 Å². The lowest BCUT2D eigenvalue weighted by atomic mass is 10.1. The van der Waals surface area contributed by atoms with Gasteiger partial charge in [0.1, 0.15) is 16.8 Å². The standard InChI is InChI=1S/C19H12ClF8N5O2/c1-33(8-2-3-10(20)9(6-8)14(34)30-16(7-29)4-5-16)15(35)12-11(18(23,24)25)13(32-31-12)17(21,22)19(26,27)28/h2-3,6H,4-5H2,1H3,(H,30,34)(H,31,32). The number of hydrogen-bond acceptors (Lipinski definition) is 4. The van der Waals surface area contributed by atoms with Gasteiger partial charge in [-0.3, -0.25) is 14.7 Å². The molecule has 0 saturated heterocycles. The number of carbonyl (C=O) groups excluding carboxylic acids is 2. The molecule has 0 unspecified atom stereocenters. The quantitative estimate of drug-likeness (QED) is 0.543. The minimum atomic E-state index is -6.41. The number of aromatic nitrogens is 2. The molecule has 1 aromatic carbocycles. The highest BCUT2D eigenvalue weighted by atomic mass is 35.5. The molecular weight excluding hydrogens is 518 g/mol. The summed E-state index contributed by atoms with van der Waals surface area (Å²) >= 11 is 5.96. The number of rotatable bonds is 5. The van der Waals surface area contributed by atoms with Crippen molar-refractivity contribution >= 4 is 29.1 Å². The lowest BCUT2D eigenvalue weighted by molar-refractivity contribution is -0.292. The highest BCUT2D eigenvalue weighted by Crippen LogP contribution is 2.48. The van der Waals surface area contributed by atoms with Crippen molar-refractivity contribution in [1.82, 2.24) is 15.5 Å². The van der Waals surface area contributed by atoms with Crippen molar-refractivity contribution in [3.05, 3.63) is 45.7 Å². The number of H-pyrrole nitrogens is 1. The molecule has 1 aromatic heterocycles. The van der Waals surface area contributed by atoms with Crippen molar-refractivity contribution in [2.45, 2.75) is 36.7 Å². The molecule has 2 N–H and O–H groups in total. The summed E-state index contributed by atoms with van der Waals surface area (Å²) in [7, 11) is 0.876. The molecule has 0 spiro atoms. The van der Waals surface area contributed by atoms with Crippen LogP contribution >= 0.6 is 11.6 Å². The SMILES string of the molecule is CN(C(=O)c1n[nH]c(C(F)(F)C(F)(F)F)c1C(F)(F)F)c1ccc(Cl)c(C(=O)NC2(C#N)CC2)c1. The first-order valence-electron chi connectivity index (χ1n) is 9.37. The Labute approximate surface area is 195 Å². The average Bonchev–Trinajstić information content (AvgIpc) is 3.35. The monoisotopic (exact) mass is 529 g/mol. The molecule has 1 heterocycles. The third-order valence-electron chi connectivity index (χ3n) is 5.13. The van der Waals surface area contributed by atoms with E-state index < -0.39 is 52.6 Å². The van der Waals surface area contributed by atoms with Crippen LogP contribution in [0.25, 0.3) is 0 Å². The number of benzene rings is 1. The van der Waals surface area contributed by atoms with E-state index in [9.17, 15) is 44.7 Å². The Morgan fingerprint density at radius 2 is 1.77 bits per heavy atom. The normalized spacial score (nSPS) is 15.3. The second-order valence-corrected chi connectivity index (χ2v) is 7.98. The van der Waals surface area contributed by atoms with Gasteiger partial charge in [0.15, 0.2) is 5.69 Å². The van der Waals surface area contributed by atoms with Gasteiger partial charge in [0.25, 0.3) is 11.8 Å². The fourth-order valence-corrected chi connectivity index (χ4v) is 3.19. The number of anilines is 1. The summed E-state index contributed by atoms with van der Waals surface area (Å²) < 4.78 is 106. The van der Waals surface area contributed by atoms with Crippen LogP contribution in [0, 0.1) is 11.3 Å². The molecule has 1 saturated carbocycles. The van der Waals surface area contributed by atoms with Crippen molar-refractivity contribution in [2.24, 2.45) is 0 Å². The van der Waals surface area contributed by atoms with Crippen molar-refractivity contribution in [1.29, 1.82) is 5.26 Å². The minimum Gasteiger partial charge on any atom is -0.334 e. The maximum atomic E-state index is 13.7.